The number of rotatable bonds is 6. The van der Waals surface area contributed by atoms with Crippen molar-refractivity contribution >= 4 is 88.8 Å². The van der Waals surface area contributed by atoms with Crippen LogP contribution in [0.2, 0.25) is 0 Å². The predicted molar refractivity (Wildman–Crippen MR) is 283 cm³/mol. The summed E-state index contributed by atoms with van der Waals surface area (Å²) in [4.78, 5) is 4.79. The first-order chi connectivity index (χ1) is 33.3. The number of fused-ring (bicyclic) bond motifs is 15. The van der Waals surface area contributed by atoms with E-state index >= 15 is 0 Å². The molecule has 0 aliphatic heterocycles. The van der Waals surface area contributed by atoms with Gasteiger partial charge in [-0.3, -0.25) is 0 Å². The average molecular weight is 875 g/mol. The second-order valence-electron chi connectivity index (χ2n) is 19.6. The van der Waals surface area contributed by atoms with Crippen molar-refractivity contribution in [1.29, 1.82) is 0 Å². The molecular formula is C64H46N2O2. The average Bonchev–Trinajstić information content (AvgIpc) is 4.08. The molecule has 12 aromatic rings. The van der Waals surface area contributed by atoms with E-state index in [9.17, 15) is 0 Å². The van der Waals surface area contributed by atoms with Crippen molar-refractivity contribution in [3.8, 4) is 22.3 Å². The SMILES string of the molecule is CC1(C)c2cc(N(c3ccccc3)c3cccc4c3oc3ccccc34)ccc2-c2ccc3c(c21)C(C)(C)c1cc(N(c2ccccc2)c2cccc4c2oc2ccccc24)c2ccccc2c1-3. The third-order valence-electron chi connectivity index (χ3n) is 15.2. The van der Waals surface area contributed by atoms with E-state index in [-0.39, 0.29) is 10.8 Å². The van der Waals surface area contributed by atoms with Crippen molar-refractivity contribution in [2.24, 2.45) is 0 Å². The van der Waals surface area contributed by atoms with Crippen LogP contribution in [0.25, 0.3) is 76.9 Å². The maximum atomic E-state index is 6.76. The summed E-state index contributed by atoms with van der Waals surface area (Å²) in [5, 5.41) is 6.90. The molecule has 0 spiro atoms. The molecular weight excluding hydrogens is 829 g/mol. The van der Waals surface area contributed by atoms with Crippen LogP contribution < -0.4 is 9.80 Å². The molecule has 2 aliphatic carbocycles. The Kier molecular flexibility index (Phi) is 8.06. The first-order valence-electron chi connectivity index (χ1n) is 23.7. The normalized spacial score (nSPS) is 14.1. The Morgan fingerprint density at radius 2 is 0.794 bits per heavy atom. The summed E-state index contributed by atoms with van der Waals surface area (Å²) in [7, 11) is 0. The highest BCUT2D eigenvalue weighted by molar-refractivity contribution is 6.15. The first kappa shape index (κ1) is 38.9. The van der Waals surface area contributed by atoms with Crippen LogP contribution in [-0.2, 0) is 10.8 Å². The molecule has 0 fully saturated rings. The molecule has 0 saturated heterocycles. The Morgan fingerprint density at radius 3 is 1.43 bits per heavy atom. The summed E-state index contributed by atoms with van der Waals surface area (Å²) >= 11 is 0. The molecule has 10 aromatic carbocycles. The molecule has 4 nitrogen and oxygen atoms in total. The van der Waals surface area contributed by atoms with Gasteiger partial charge in [0.15, 0.2) is 11.2 Å². The van der Waals surface area contributed by atoms with Crippen molar-refractivity contribution in [2.45, 2.75) is 38.5 Å². The standard InChI is InChI=1S/C64H46N2O2/c1-63(2)51-37-41(65(39-19-7-5-8-20-39)53-29-17-27-48-44-24-13-15-31-56(44)67-61(48)53)33-34-42(51)47-35-36-50-58-46-26-12-11-23-43(46)55(38-52(58)64(3,4)60(50)59(47)63)66(40-21-9-6-10-22-40)54-30-18-28-49-45-25-14-16-32-57(45)68-62(49)54/h5-38H,1-4H3. The van der Waals surface area contributed by atoms with Gasteiger partial charge in [0.25, 0.3) is 0 Å². The Balaban J connectivity index is 0.951. The third-order valence-corrected chi connectivity index (χ3v) is 15.2. The minimum Gasteiger partial charge on any atom is -0.454 e. The van der Waals surface area contributed by atoms with Gasteiger partial charge in [-0.25, -0.2) is 0 Å². The maximum absolute atomic E-state index is 6.76. The molecule has 0 saturated carbocycles. The second-order valence-corrected chi connectivity index (χ2v) is 19.6. The van der Waals surface area contributed by atoms with E-state index in [1.807, 2.05) is 12.1 Å². The third kappa shape index (κ3) is 5.31. The lowest BCUT2D eigenvalue weighted by Crippen LogP contribution is -2.24. The van der Waals surface area contributed by atoms with Gasteiger partial charge in [-0.15, -0.1) is 0 Å². The van der Waals surface area contributed by atoms with E-state index in [0.717, 1.165) is 78.0 Å². The number of hydrogen-bond acceptors (Lipinski definition) is 4. The van der Waals surface area contributed by atoms with E-state index in [1.54, 1.807) is 0 Å². The predicted octanol–water partition coefficient (Wildman–Crippen LogP) is 18.2. The van der Waals surface area contributed by atoms with E-state index < -0.39 is 0 Å². The van der Waals surface area contributed by atoms with Crippen LogP contribution in [0.15, 0.2) is 215 Å². The van der Waals surface area contributed by atoms with E-state index in [1.165, 1.54) is 55.3 Å². The van der Waals surface area contributed by atoms with Crippen molar-refractivity contribution in [1.82, 2.24) is 0 Å². The van der Waals surface area contributed by atoms with Gasteiger partial charge in [0.05, 0.1) is 17.1 Å². The molecule has 4 heteroatoms. The summed E-state index contributed by atoms with van der Waals surface area (Å²) in [5.41, 5.74) is 20.0. The zero-order chi connectivity index (χ0) is 45.5. The van der Waals surface area contributed by atoms with E-state index in [2.05, 4.69) is 232 Å². The quantitative estimate of drug-likeness (QED) is 0.167. The number of furan rings is 2. The fourth-order valence-electron chi connectivity index (χ4n) is 12.2. The van der Waals surface area contributed by atoms with Crippen molar-refractivity contribution in [3.05, 3.63) is 229 Å². The lowest BCUT2D eigenvalue weighted by atomic mass is 9.72. The van der Waals surface area contributed by atoms with Gasteiger partial charge in [0, 0.05) is 54.8 Å². The zero-order valence-electron chi connectivity index (χ0n) is 38.3. The second kappa shape index (κ2) is 14.1. The monoisotopic (exact) mass is 874 g/mol. The van der Waals surface area contributed by atoms with Gasteiger partial charge < -0.3 is 18.6 Å². The zero-order valence-corrected chi connectivity index (χ0v) is 38.3. The van der Waals surface area contributed by atoms with Gasteiger partial charge in [-0.1, -0.05) is 167 Å². The van der Waals surface area contributed by atoms with Crippen LogP contribution in [0.1, 0.15) is 49.9 Å². The van der Waals surface area contributed by atoms with Crippen LogP contribution in [0, 0.1) is 0 Å². The molecule has 0 N–H and O–H groups in total. The highest BCUT2D eigenvalue weighted by atomic mass is 16.3. The Labute approximate surface area is 394 Å². The Hall–Kier alpha value is -8.34. The fourth-order valence-corrected chi connectivity index (χ4v) is 12.2. The molecule has 0 radical (unpaired) electrons. The van der Waals surface area contributed by atoms with E-state index in [0.29, 0.717) is 0 Å². The lowest BCUT2D eigenvalue weighted by molar-refractivity contribution is 0.601. The number of anilines is 6. The molecule has 0 bridgehead atoms. The largest absolute Gasteiger partial charge is 0.454 e. The number of hydrogen-bond donors (Lipinski definition) is 0. The van der Waals surface area contributed by atoms with Gasteiger partial charge in [0.1, 0.15) is 11.2 Å². The molecule has 0 atom stereocenters. The minimum absolute atomic E-state index is 0.315. The number of benzene rings is 10. The molecule has 0 unspecified atom stereocenters. The van der Waals surface area contributed by atoms with Gasteiger partial charge >= 0.3 is 0 Å². The Bertz CT molecular complexity index is 4040. The van der Waals surface area contributed by atoms with E-state index in [4.69, 9.17) is 8.83 Å². The highest BCUT2D eigenvalue weighted by Gasteiger charge is 2.47. The van der Waals surface area contributed by atoms with Crippen molar-refractivity contribution in [3.63, 3.8) is 0 Å². The summed E-state index contributed by atoms with van der Waals surface area (Å²) in [6, 6.07) is 74.6. The molecule has 2 aromatic heterocycles. The Morgan fingerprint density at radius 1 is 0.324 bits per heavy atom. The summed E-state index contributed by atoms with van der Waals surface area (Å²) in [5.74, 6) is 0. The molecule has 324 valence electrons. The lowest BCUT2D eigenvalue weighted by Gasteiger charge is -2.32. The topological polar surface area (TPSA) is 32.8 Å². The molecule has 2 aliphatic rings. The minimum atomic E-state index is -0.336. The fraction of sp³-hybridized carbons (Fsp3) is 0.0938. The first-order valence-corrected chi connectivity index (χ1v) is 23.7. The molecule has 0 amide bonds. The maximum Gasteiger partial charge on any atom is 0.159 e. The smallest absolute Gasteiger partial charge is 0.159 e. The highest BCUT2D eigenvalue weighted by Crippen LogP contribution is 2.62. The number of nitrogens with zero attached hydrogens (tertiary/aromatic N) is 2. The van der Waals surface area contributed by atoms with Gasteiger partial charge in [0.2, 0.25) is 0 Å². The van der Waals surface area contributed by atoms with Gasteiger partial charge in [-0.2, -0.15) is 0 Å². The summed E-state index contributed by atoms with van der Waals surface area (Å²) in [6.07, 6.45) is 0. The summed E-state index contributed by atoms with van der Waals surface area (Å²) < 4.78 is 13.4. The van der Waals surface area contributed by atoms with Crippen LogP contribution in [0.4, 0.5) is 34.1 Å². The molecule has 2 heterocycles. The number of para-hydroxylation sites is 6. The van der Waals surface area contributed by atoms with Crippen molar-refractivity contribution in [2.75, 3.05) is 9.80 Å². The molecule has 68 heavy (non-hydrogen) atoms. The van der Waals surface area contributed by atoms with Crippen LogP contribution in [0.5, 0.6) is 0 Å². The van der Waals surface area contributed by atoms with Crippen LogP contribution >= 0.6 is 0 Å². The van der Waals surface area contributed by atoms with Crippen LogP contribution in [-0.4, -0.2) is 0 Å². The van der Waals surface area contributed by atoms with Gasteiger partial charge in [-0.05, 0) is 117 Å². The van der Waals surface area contributed by atoms with Crippen LogP contribution in [0.3, 0.4) is 0 Å². The molecule has 14 rings (SSSR count). The summed E-state index contributed by atoms with van der Waals surface area (Å²) in [6.45, 7) is 9.75. The van der Waals surface area contributed by atoms with Crippen molar-refractivity contribution < 1.29 is 8.83 Å².